The van der Waals surface area contributed by atoms with Gasteiger partial charge in [-0.2, -0.15) is 0 Å². The highest BCUT2D eigenvalue weighted by molar-refractivity contribution is 5.40. The van der Waals surface area contributed by atoms with Gasteiger partial charge in [0.15, 0.2) is 0 Å². The third kappa shape index (κ3) is 1.36. The zero-order chi connectivity index (χ0) is 14.1. The Hall–Kier alpha value is -0.340. The van der Waals surface area contributed by atoms with Crippen LogP contribution in [0.15, 0.2) is 12.2 Å². The average molecular weight is 252 g/mol. The lowest BCUT2D eigenvalue weighted by Gasteiger charge is -2.74. The summed E-state index contributed by atoms with van der Waals surface area (Å²) in [4.78, 5) is 0. The number of aliphatic hydroxyl groups excluding tert-OH is 1. The van der Waals surface area contributed by atoms with Crippen LogP contribution in [0.25, 0.3) is 0 Å². The quantitative estimate of drug-likeness (QED) is 0.704. The highest BCUT2D eigenvalue weighted by Crippen LogP contribution is 2.75. The van der Waals surface area contributed by atoms with E-state index in [-0.39, 0.29) is 17.4 Å². The maximum absolute atomic E-state index is 11.0. The molecule has 2 N–H and O–H groups in total. The van der Waals surface area contributed by atoms with Gasteiger partial charge in [-0.15, -0.1) is 0 Å². The summed E-state index contributed by atoms with van der Waals surface area (Å²) in [6.45, 7) is 17.2. The summed E-state index contributed by atoms with van der Waals surface area (Å²) in [5, 5.41) is 20.9. The van der Waals surface area contributed by atoms with E-state index >= 15 is 0 Å². The minimum absolute atomic E-state index is 0.00729. The van der Waals surface area contributed by atoms with Gasteiger partial charge in [0.1, 0.15) is 0 Å². The van der Waals surface area contributed by atoms with Gasteiger partial charge in [-0.1, -0.05) is 46.8 Å². The maximum Gasteiger partial charge on any atom is 0.0743 e. The molecule has 2 nitrogen and oxygen atoms in total. The second-order valence-electron chi connectivity index (χ2n) is 8.42. The van der Waals surface area contributed by atoms with Crippen molar-refractivity contribution < 1.29 is 10.2 Å². The standard InChI is InChI=1S/C16H28O2/c1-10-11-12(13(2,3)4)16(10,9-17)15(7,18)8-14(11,5)6/h11-12,17-18H,1,8-9H2,2-7H3/t11-,12-,15+,16+/m1/s1. The van der Waals surface area contributed by atoms with E-state index in [0.717, 1.165) is 12.0 Å². The molecular formula is C16H28O2. The highest BCUT2D eigenvalue weighted by atomic mass is 16.3. The molecule has 0 heterocycles. The molecule has 0 spiro atoms. The van der Waals surface area contributed by atoms with Crippen LogP contribution in [0, 0.1) is 28.1 Å². The monoisotopic (exact) mass is 252 g/mol. The molecule has 0 aliphatic heterocycles. The first-order chi connectivity index (χ1) is 7.92. The molecule has 0 aromatic heterocycles. The van der Waals surface area contributed by atoms with Gasteiger partial charge in [0, 0.05) is 5.41 Å². The minimum Gasteiger partial charge on any atom is -0.395 e. The number of hydrogen-bond donors (Lipinski definition) is 2. The molecule has 3 rings (SSSR count). The molecule has 3 aliphatic carbocycles. The Morgan fingerprint density at radius 2 is 1.78 bits per heavy atom. The molecule has 3 aliphatic rings. The van der Waals surface area contributed by atoms with Crippen LogP contribution in [0.5, 0.6) is 0 Å². The molecule has 4 atom stereocenters. The number of aliphatic hydroxyl groups is 2. The van der Waals surface area contributed by atoms with Crippen molar-refractivity contribution in [2.45, 2.75) is 53.6 Å². The van der Waals surface area contributed by atoms with Crippen molar-refractivity contribution in [3.63, 3.8) is 0 Å². The van der Waals surface area contributed by atoms with Crippen LogP contribution in [0.3, 0.4) is 0 Å². The summed E-state index contributed by atoms with van der Waals surface area (Å²) in [5.41, 5.74) is -0.196. The summed E-state index contributed by atoms with van der Waals surface area (Å²) in [6, 6.07) is 0. The summed E-state index contributed by atoms with van der Waals surface area (Å²) in [7, 11) is 0. The van der Waals surface area contributed by atoms with Gasteiger partial charge in [-0.3, -0.25) is 0 Å². The molecule has 2 heteroatoms. The van der Waals surface area contributed by atoms with E-state index in [0.29, 0.717) is 11.8 Å². The summed E-state index contributed by atoms with van der Waals surface area (Å²) >= 11 is 0. The van der Waals surface area contributed by atoms with Crippen LogP contribution >= 0.6 is 0 Å². The van der Waals surface area contributed by atoms with Crippen molar-refractivity contribution in [3.05, 3.63) is 12.2 Å². The molecule has 0 aromatic rings. The van der Waals surface area contributed by atoms with Gasteiger partial charge in [0.05, 0.1) is 12.2 Å². The highest BCUT2D eigenvalue weighted by Gasteiger charge is 2.74. The lowest BCUT2D eigenvalue weighted by atomic mass is 9.30. The van der Waals surface area contributed by atoms with E-state index in [9.17, 15) is 10.2 Å². The first kappa shape index (κ1) is 14.1. The summed E-state index contributed by atoms with van der Waals surface area (Å²) in [5.74, 6) is 0.700. The van der Waals surface area contributed by atoms with Crippen LogP contribution in [0.1, 0.15) is 48.0 Å². The lowest BCUT2D eigenvalue weighted by molar-refractivity contribution is -0.262. The Morgan fingerprint density at radius 3 is 2.11 bits per heavy atom. The fourth-order valence-corrected chi connectivity index (χ4v) is 5.23. The second kappa shape index (κ2) is 3.40. The Morgan fingerprint density at radius 1 is 1.28 bits per heavy atom. The van der Waals surface area contributed by atoms with E-state index in [4.69, 9.17) is 0 Å². The lowest BCUT2D eigenvalue weighted by Crippen LogP contribution is -2.75. The van der Waals surface area contributed by atoms with Gasteiger partial charge in [-0.25, -0.2) is 0 Å². The first-order valence-electron chi connectivity index (χ1n) is 6.94. The zero-order valence-electron chi connectivity index (χ0n) is 12.7. The fourth-order valence-electron chi connectivity index (χ4n) is 5.23. The average Bonchev–Trinajstić information content (AvgIpc) is 2.08. The smallest absolute Gasteiger partial charge is 0.0743 e. The molecule has 0 saturated heterocycles. The predicted octanol–water partition coefficient (Wildman–Crippen LogP) is 2.99. The van der Waals surface area contributed by atoms with Crippen molar-refractivity contribution in [3.8, 4) is 0 Å². The fraction of sp³-hybridized carbons (Fsp3) is 0.875. The van der Waals surface area contributed by atoms with E-state index in [2.05, 4.69) is 41.2 Å². The molecular weight excluding hydrogens is 224 g/mol. The van der Waals surface area contributed by atoms with Crippen LogP contribution in [0.2, 0.25) is 0 Å². The Bertz CT molecular complexity index is 386. The van der Waals surface area contributed by atoms with E-state index in [1.165, 1.54) is 0 Å². The molecule has 3 saturated carbocycles. The normalized spacial score (nSPS) is 46.8. The zero-order valence-corrected chi connectivity index (χ0v) is 12.7. The Labute approximate surface area is 111 Å². The third-order valence-corrected chi connectivity index (χ3v) is 5.60. The number of rotatable bonds is 1. The van der Waals surface area contributed by atoms with Crippen molar-refractivity contribution in [2.24, 2.45) is 28.1 Å². The molecule has 0 amide bonds. The Kier molecular flexibility index (Phi) is 2.66. The van der Waals surface area contributed by atoms with Gasteiger partial charge in [-0.05, 0) is 36.0 Å². The van der Waals surface area contributed by atoms with Gasteiger partial charge in [0.25, 0.3) is 0 Å². The van der Waals surface area contributed by atoms with E-state index in [1.807, 2.05) is 6.92 Å². The van der Waals surface area contributed by atoms with Gasteiger partial charge < -0.3 is 10.2 Å². The van der Waals surface area contributed by atoms with Crippen molar-refractivity contribution >= 4 is 0 Å². The summed E-state index contributed by atoms with van der Waals surface area (Å²) < 4.78 is 0. The number of hydrogen-bond acceptors (Lipinski definition) is 2. The second-order valence-corrected chi connectivity index (χ2v) is 8.42. The molecule has 0 aromatic carbocycles. The van der Waals surface area contributed by atoms with Crippen molar-refractivity contribution in [2.75, 3.05) is 6.61 Å². The van der Waals surface area contributed by atoms with Gasteiger partial charge >= 0.3 is 0 Å². The van der Waals surface area contributed by atoms with Gasteiger partial charge in [0.2, 0.25) is 0 Å². The van der Waals surface area contributed by atoms with Crippen molar-refractivity contribution in [1.82, 2.24) is 0 Å². The van der Waals surface area contributed by atoms with E-state index in [1.54, 1.807) is 0 Å². The van der Waals surface area contributed by atoms with Crippen LogP contribution in [-0.4, -0.2) is 22.4 Å². The minimum atomic E-state index is -0.866. The number of fused-ring (bicyclic) bond motifs is 2. The van der Waals surface area contributed by atoms with Crippen LogP contribution in [0.4, 0.5) is 0 Å². The van der Waals surface area contributed by atoms with E-state index < -0.39 is 11.0 Å². The molecule has 104 valence electrons. The van der Waals surface area contributed by atoms with Crippen molar-refractivity contribution in [1.29, 1.82) is 0 Å². The molecule has 0 radical (unpaired) electrons. The molecule has 2 bridgehead atoms. The largest absolute Gasteiger partial charge is 0.395 e. The topological polar surface area (TPSA) is 40.5 Å². The first-order valence-corrected chi connectivity index (χ1v) is 6.94. The summed E-state index contributed by atoms with van der Waals surface area (Å²) in [6.07, 6.45) is 0.733. The predicted molar refractivity (Wildman–Crippen MR) is 74.1 cm³/mol. The maximum atomic E-state index is 11.0. The van der Waals surface area contributed by atoms with Crippen LogP contribution in [-0.2, 0) is 0 Å². The SMILES string of the molecule is C=C1[C@@H]2[C@H](C(C)(C)C)[C@@]1(CO)[C@@](C)(O)CC2(C)C. The Balaban J connectivity index is 2.59. The third-order valence-electron chi connectivity index (χ3n) is 5.60. The molecule has 0 unspecified atom stereocenters. The molecule has 3 fully saturated rings. The molecule has 18 heavy (non-hydrogen) atoms. The van der Waals surface area contributed by atoms with Crippen LogP contribution < -0.4 is 0 Å².